The second-order valence-electron chi connectivity index (χ2n) is 4.35. The van der Waals surface area contributed by atoms with Gasteiger partial charge in [0.1, 0.15) is 19.3 Å². The van der Waals surface area contributed by atoms with E-state index in [1.165, 1.54) is 0 Å². The number of rotatable bonds is 10. The second kappa shape index (κ2) is 10.5. The molecule has 10 nitrogen and oxygen atoms in total. The van der Waals surface area contributed by atoms with Crippen LogP contribution in [0, 0.1) is 0 Å². The summed E-state index contributed by atoms with van der Waals surface area (Å²) >= 11 is 0. The van der Waals surface area contributed by atoms with Gasteiger partial charge < -0.3 is 30.7 Å². The van der Waals surface area contributed by atoms with Crippen molar-refractivity contribution in [3.63, 3.8) is 0 Å². The lowest BCUT2D eigenvalue weighted by Crippen LogP contribution is -2.45. The van der Waals surface area contributed by atoms with Gasteiger partial charge in [0.15, 0.2) is 6.10 Å². The minimum absolute atomic E-state index is 0.0582. The van der Waals surface area contributed by atoms with Crippen molar-refractivity contribution in [2.24, 2.45) is 0 Å². The van der Waals surface area contributed by atoms with Gasteiger partial charge in [-0.15, -0.1) is 0 Å². The Balaban J connectivity index is 4.48. The first-order valence-corrected chi connectivity index (χ1v) is 6.52. The Morgan fingerprint density at radius 2 is 1.68 bits per heavy atom. The van der Waals surface area contributed by atoms with E-state index in [1.54, 1.807) is 0 Å². The predicted octanol–water partition coefficient (Wildman–Crippen LogP) is -2.63. The van der Waals surface area contributed by atoms with Crippen LogP contribution in [-0.2, 0) is 23.9 Å². The fraction of sp³-hybridized carbons (Fsp3) is 0.667. The van der Waals surface area contributed by atoms with Crippen molar-refractivity contribution in [1.29, 1.82) is 0 Å². The zero-order chi connectivity index (χ0) is 17.1. The van der Waals surface area contributed by atoms with Crippen LogP contribution in [0.4, 0.5) is 0 Å². The van der Waals surface area contributed by atoms with E-state index in [1.807, 2.05) is 0 Å². The molecule has 0 aromatic carbocycles. The van der Waals surface area contributed by atoms with Crippen molar-refractivity contribution in [2.75, 3.05) is 19.8 Å². The zero-order valence-corrected chi connectivity index (χ0v) is 12.1. The first-order chi connectivity index (χ1) is 10.3. The standard InChI is InChI=1S/C12H20N2O8/c1-7(11(19)20)22-12(21)8(14-10(18)6-16)3-2-4-13-9(17)5-15/h7-8,15-16H,2-6H2,1H3,(H,13,17)(H,14,18)(H,19,20). The van der Waals surface area contributed by atoms with Gasteiger partial charge in [0.2, 0.25) is 11.8 Å². The quantitative estimate of drug-likeness (QED) is 0.215. The lowest BCUT2D eigenvalue weighted by molar-refractivity contribution is -0.164. The predicted molar refractivity (Wildman–Crippen MR) is 71.5 cm³/mol. The molecule has 2 atom stereocenters. The number of carbonyl (C=O) groups is 4. The lowest BCUT2D eigenvalue weighted by atomic mass is 10.1. The van der Waals surface area contributed by atoms with Gasteiger partial charge in [-0.25, -0.2) is 9.59 Å². The molecule has 0 radical (unpaired) electrons. The number of aliphatic hydroxyl groups excluding tert-OH is 2. The van der Waals surface area contributed by atoms with Crippen molar-refractivity contribution in [3.05, 3.63) is 0 Å². The monoisotopic (exact) mass is 320 g/mol. The van der Waals surface area contributed by atoms with Crippen LogP contribution < -0.4 is 10.6 Å². The Morgan fingerprint density at radius 1 is 1.09 bits per heavy atom. The number of esters is 1. The molecule has 0 aliphatic heterocycles. The van der Waals surface area contributed by atoms with E-state index in [4.69, 9.17) is 15.3 Å². The van der Waals surface area contributed by atoms with E-state index in [-0.39, 0.29) is 19.4 Å². The number of amides is 2. The molecule has 0 fully saturated rings. The van der Waals surface area contributed by atoms with Gasteiger partial charge >= 0.3 is 11.9 Å². The molecular formula is C12H20N2O8. The van der Waals surface area contributed by atoms with Crippen LogP contribution >= 0.6 is 0 Å². The Morgan fingerprint density at radius 3 is 2.18 bits per heavy atom. The molecule has 0 heterocycles. The number of aliphatic carboxylic acids is 1. The number of hydrogen-bond acceptors (Lipinski definition) is 7. The van der Waals surface area contributed by atoms with Gasteiger partial charge in [0.25, 0.3) is 0 Å². The topological polar surface area (TPSA) is 162 Å². The number of carboxylic acids is 1. The van der Waals surface area contributed by atoms with Crippen LogP contribution in [-0.4, -0.2) is 71.0 Å². The SMILES string of the molecule is CC(OC(=O)C(CCCNC(=O)CO)NC(=O)CO)C(=O)O. The first-order valence-electron chi connectivity index (χ1n) is 6.52. The van der Waals surface area contributed by atoms with E-state index in [2.05, 4.69) is 15.4 Å². The summed E-state index contributed by atoms with van der Waals surface area (Å²) in [5.74, 6) is -3.69. The highest BCUT2D eigenvalue weighted by Gasteiger charge is 2.25. The van der Waals surface area contributed by atoms with Crippen LogP contribution in [0.2, 0.25) is 0 Å². The van der Waals surface area contributed by atoms with E-state index >= 15 is 0 Å². The maximum absolute atomic E-state index is 11.8. The number of hydrogen-bond donors (Lipinski definition) is 5. The number of carbonyl (C=O) groups excluding carboxylic acids is 3. The molecule has 0 aromatic rings. The number of carboxylic acid groups (broad SMARTS) is 1. The van der Waals surface area contributed by atoms with E-state index < -0.39 is 49.1 Å². The molecule has 0 aliphatic carbocycles. The summed E-state index contributed by atoms with van der Waals surface area (Å²) in [4.78, 5) is 44.4. The number of nitrogens with one attached hydrogen (secondary N) is 2. The van der Waals surface area contributed by atoms with Gasteiger partial charge in [0, 0.05) is 6.54 Å². The fourth-order valence-electron chi connectivity index (χ4n) is 1.39. The highest BCUT2D eigenvalue weighted by atomic mass is 16.6. The summed E-state index contributed by atoms with van der Waals surface area (Å²) in [6.45, 7) is -0.193. The first kappa shape index (κ1) is 19.8. The van der Waals surface area contributed by atoms with Crippen molar-refractivity contribution in [1.82, 2.24) is 10.6 Å². The smallest absolute Gasteiger partial charge is 0.344 e. The summed E-state index contributed by atoms with van der Waals surface area (Å²) in [6.07, 6.45) is -1.06. The van der Waals surface area contributed by atoms with Gasteiger partial charge in [-0.2, -0.15) is 0 Å². The molecule has 0 saturated carbocycles. The average Bonchev–Trinajstić information content (AvgIpc) is 2.49. The maximum Gasteiger partial charge on any atom is 0.344 e. The average molecular weight is 320 g/mol. The molecule has 0 aromatic heterocycles. The summed E-state index contributed by atoms with van der Waals surface area (Å²) < 4.78 is 4.66. The normalized spacial score (nSPS) is 12.9. The number of aliphatic hydroxyl groups is 2. The van der Waals surface area contributed by atoms with Crippen LogP contribution in [0.25, 0.3) is 0 Å². The summed E-state index contributed by atoms with van der Waals surface area (Å²) in [5, 5.41) is 30.4. The molecule has 0 spiro atoms. The molecule has 10 heteroatoms. The van der Waals surface area contributed by atoms with E-state index in [0.717, 1.165) is 6.92 Å². The number of ether oxygens (including phenoxy) is 1. The fourth-order valence-corrected chi connectivity index (χ4v) is 1.39. The largest absolute Gasteiger partial charge is 0.479 e. The highest BCUT2D eigenvalue weighted by molar-refractivity contribution is 5.86. The molecule has 0 aliphatic rings. The lowest BCUT2D eigenvalue weighted by Gasteiger charge is -2.18. The van der Waals surface area contributed by atoms with E-state index in [9.17, 15) is 19.2 Å². The molecular weight excluding hydrogens is 300 g/mol. The molecule has 5 N–H and O–H groups in total. The van der Waals surface area contributed by atoms with Crippen molar-refractivity contribution < 1.29 is 39.2 Å². The van der Waals surface area contributed by atoms with Gasteiger partial charge in [-0.05, 0) is 19.8 Å². The Bertz CT molecular complexity index is 412. The van der Waals surface area contributed by atoms with Crippen LogP contribution in [0.15, 0.2) is 0 Å². The molecule has 22 heavy (non-hydrogen) atoms. The third-order valence-electron chi connectivity index (χ3n) is 2.54. The Labute approximate surface area is 126 Å². The van der Waals surface area contributed by atoms with Crippen LogP contribution in [0.3, 0.4) is 0 Å². The summed E-state index contributed by atoms with van der Waals surface area (Å²) in [5.41, 5.74) is 0. The van der Waals surface area contributed by atoms with Gasteiger partial charge in [-0.3, -0.25) is 9.59 Å². The molecule has 0 saturated heterocycles. The Hall–Kier alpha value is -2.20. The molecule has 126 valence electrons. The zero-order valence-electron chi connectivity index (χ0n) is 12.1. The molecule has 2 amide bonds. The van der Waals surface area contributed by atoms with E-state index in [0.29, 0.717) is 0 Å². The van der Waals surface area contributed by atoms with Crippen molar-refractivity contribution in [3.8, 4) is 0 Å². The van der Waals surface area contributed by atoms with Crippen molar-refractivity contribution in [2.45, 2.75) is 31.9 Å². The minimum atomic E-state index is -1.38. The second-order valence-corrected chi connectivity index (χ2v) is 4.35. The van der Waals surface area contributed by atoms with Crippen LogP contribution in [0.5, 0.6) is 0 Å². The third-order valence-corrected chi connectivity index (χ3v) is 2.54. The van der Waals surface area contributed by atoms with Gasteiger partial charge in [-0.1, -0.05) is 0 Å². The third kappa shape index (κ3) is 8.17. The molecule has 0 rings (SSSR count). The summed E-state index contributed by atoms with van der Waals surface area (Å²) in [6, 6.07) is -1.15. The molecule has 2 unspecified atom stereocenters. The minimum Gasteiger partial charge on any atom is -0.479 e. The highest BCUT2D eigenvalue weighted by Crippen LogP contribution is 2.03. The summed E-state index contributed by atoms with van der Waals surface area (Å²) in [7, 11) is 0. The Kier molecular flexibility index (Phi) is 9.46. The maximum atomic E-state index is 11.8. The van der Waals surface area contributed by atoms with Gasteiger partial charge in [0.05, 0.1) is 0 Å². The van der Waals surface area contributed by atoms with Crippen molar-refractivity contribution >= 4 is 23.8 Å². The molecule has 0 bridgehead atoms. The van der Waals surface area contributed by atoms with Crippen LogP contribution in [0.1, 0.15) is 19.8 Å².